The maximum absolute atomic E-state index is 2.39. The molecule has 1 rings (SSSR count). The monoisotopic (exact) mass is 286 g/mol. The smallest absolute Gasteiger partial charge is 0.0737 e. The van der Waals surface area contributed by atoms with Crippen molar-refractivity contribution in [3.63, 3.8) is 0 Å². The van der Waals surface area contributed by atoms with E-state index in [0.29, 0.717) is 0 Å². The first-order valence-electron chi connectivity index (χ1n) is 9.29. The van der Waals surface area contributed by atoms with Crippen molar-refractivity contribution in [1.29, 1.82) is 0 Å². The van der Waals surface area contributed by atoms with Crippen LogP contribution in [0.2, 0.25) is 12.6 Å². The highest BCUT2D eigenvalue weighted by Crippen LogP contribution is 2.31. The van der Waals surface area contributed by atoms with Crippen LogP contribution in [0.15, 0.2) is 24.3 Å². The predicted molar refractivity (Wildman–Crippen MR) is 98.6 cm³/mol. The number of benzene rings is 1. The van der Waals surface area contributed by atoms with Gasteiger partial charge in [0, 0.05) is 0 Å². The molecule has 0 aliphatic rings. The van der Waals surface area contributed by atoms with E-state index in [9.17, 15) is 0 Å². The van der Waals surface area contributed by atoms with Crippen LogP contribution in [0, 0.1) is 6.92 Å². The lowest BCUT2D eigenvalue weighted by Gasteiger charge is -2.25. The van der Waals surface area contributed by atoms with Crippen LogP contribution in [-0.2, 0) is 0 Å². The Balaban J connectivity index is 2.85. The fourth-order valence-corrected chi connectivity index (χ4v) is 3.39. The third-order valence-corrected chi connectivity index (χ3v) is 4.80. The maximum atomic E-state index is 2.39. The van der Waals surface area contributed by atoms with E-state index >= 15 is 0 Å². The average molecular weight is 286 g/mol. The van der Waals surface area contributed by atoms with Crippen molar-refractivity contribution >= 4 is 6.71 Å². The summed E-state index contributed by atoms with van der Waals surface area (Å²) in [6.45, 7) is 10.0. The van der Waals surface area contributed by atoms with Crippen molar-refractivity contribution in [3.05, 3.63) is 35.4 Å². The van der Waals surface area contributed by atoms with Gasteiger partial charge in [-0.1, -0.05) is 114 Å². The van der Waals surface area contributed by atoms with E-state index in [1.54, 1.807) is 5.56 Å². The molecule has 0 nitrogen and oxygen atoms in total. The molecular weight excluding hydrogens is 251 g/mol. The summed E-state index contributed by atoms with van der Waals surface area (Å²) in [6.07, 6.45) is 12.3. The van der Waals surface area contributed by atoms with Gasteiger partial charge in [-0.05, 0) is 12.7 Å². The lowest BCUT2D eigenvalue weighted by Crippen LogP contribution is -2.24. The lowest BCUT2D eigenvalue weighted by atomic mass is 9.34. The van der Waals surface area contributed by atoms with Crippen molar-refractivity contribution in [2.24, 2.45) is 0 Å². The standard InChI is InChI=1S/C20H35B/c1-5-8-11-20(19-14-12-18(4)13-15-19)21(16-9-6-2)17-10-7-3/h12-15,20H,5-11,16-17H2,1-4H3/t20-/m0/s1. The van der Waals surface area contributed by atoms with E-state index in [-0.39, 0.29) is 0 Å². The number of aryl methyl sites for hydroxylation is 1. The zero-order valence-electron chi connectivity index (χ0n) is 14.8. The molecule has 0 N–H and O–H groups in total. The van der Waals surface area contributed by atoms with Crippen molar-refractivity contribution < 1.29 is 0 Å². The molecule has 0 saturated heterocycles. The largest absolute Gasteiger partial charge is 0.148 e. The molecule has 0 amide bonds. The van der Waals surface area contributed by atoms with Gasteiger partial charge < -0.3 is 0 Å². The van der Waals surface area contributed by atoms with Gasteiger partial charge in [-0.3, -0.25) is 0 Å². The van der Waals surface area contributed by atoms with Crippen LogP contribution in [0.5, 0.6) is 0 Å². The molecule has 1 heteroatoms. The summed E-state index contributed by atoms with van der Waals surface area (Å²) in [7, 11) is 0. The number of unbranched alkanes of at least 4 members (excludes halogenated alkanes) is 3. The van der Waals surface area contributed by atoms with E-state index in [2.05, 4.69) is 52.0 Å². The molecule has 0 fully saturated rings. The number of rotatable bonds is 11. The Hall–Kier alpha value is -0.715. The van der Waals surface area contributed by atoms with Crippen molar-refractivity contribution in [3.8, 4) is 0 Å². The molecule has 1 aromatic carbocycles. The van der Waals surface area contributed by atoms with Crippen LogP contribution in [0.1, 0.15) is 82.7 Å². The topological polar surface area (TPSA) is 0 Å². The van der Waals surface area contributed by atoms with Gasteiger partial charge in [-0.15, -0.1) is 0 Å². The van der Waals surface area contributed by atoms with Crippen LogP contribution in [-0.4, -0.2) is 6.71 Å². The highest BCUT2D eigenvalue weighted by molar-refractivity contribution is 6.60. The first-order valence-corrected chi connectivity index (χ1v) is 9.29. The molecule has 0 saturated carbocycles. The van der Waals surface area contributed by atoms with Crippen LogP contribution in [0.4, 0.5) is 0 Å². The van der Waals surface area contributed by atoms with Gasteiger partial charge in [0.2, 0.25) is 0 Å². The molecule has 118 valence electrons. The first kappa shape index (κ1) is 18.3. The Morgan fingerprint density at radius 1 is 0.810 bits per heavy atom. The molecule has 1 atom stereocenters. The van der Waals surface area contributed by atoms with Crippen LogP contribution >= 0.6 is 0 Å². The Bertz CT molecular complexity index is 347. The molecule has 0 aromatic heterocycles. The van der Waals surface area contributed by atoms with Crippen molar-refractivity contribution in [2.45, 2.75) is 91.1 Å². The Morgan fingerprint density at radius 3 is 1.81 bits per heavy atom. The van der Waals surface area contributed by atoms with Gasteiger partial charge >= 0.3 is 0 Å². The van der Waals surface area contributed by atoms with E-state index in [4.69, 9.17) is 0 Å². The third-order valence-electron chi connectivity index (χ3n) is 4.80. The molecule has 1 aromatic rings. The summed E-state index contributed by atoms with van der Waals surface area (Å²) < 4.78 is 0. The maximum Gasteiger partial charge on any atom is 0.148 e. The minimum atomic E-state index is 0.781. The van der Waals surface area contributed by atoms with Crippen LogP contribution < -0.4 is 0 Å². The second kappa shape index (κ2) is 10.9. The van der Waals surface area contributed by atoms with Gasteiger partial charge in [0.25, 0.3) is 0 Å². The van der Waals surface area contributed by atoms with Gasteiger partial charge in [0.05, 0.1) is 0 Å². The zero-order valence-corrected chi connectivity index (χ0v) is 14.8. The Morgan fingerprint density at radius 2 is 1.33 bits per heavy atom. The third kappa shape index (κ3) is 6.72. The molecule has 0 heterocycles. The fourth-order valence-electron chi connectivity index (χ4n) is 3.39. The summed E-state index contributed by atoms with van der Waals surface area (Å²) in [4.78, 5) is 0. The summed E-state index contributed by atoms with van der Waals surface area (Å²) in [5, 5.41) is 0. The normalized spacial score (nSPS) is 12.4. The quantitative estimate of drug-likeness (QED) is 0.388. The van der Waals surface area contributed by atoms with Gasteiger partial charge in [-0.25, -0.2) is 0 Å². The highest BCUT2D eigenvalue weighted by atomic mass is 14.1. The molecule has 0 aliphatic carbocycles. The highest BCUT2D eigenvalue weighted by Gasteiger charge is 2.25. The first-order chi connectivity index (χ1) is 10.2. The summed E-state index contributed by atoms with van der Waals surface area (Å²) >= 11 is 0. The SMILES string of the molecule is CCCCB(CCCC)[C@@H](CCCC)c1ccc(C)cc1. The average Bonchev–Trinajstić information content (AvgIpc) is 2.50. The molecule has 21 heavy (non-hydrogen) atoms. The number of hydrogen-bond donors (Lipinski definition) is 0. The minimum Gasteiger partial charge on any atom is -0.0737 e. The van der Waals surface area contributed by atoms with Gasteiger partial charge in [0.1, 0.15) is 6.71 Å². The second-order valence-corrected chi connectivity index (χ2v) is 6.70. The van der Waals surface area contributed by atoms with Crippen LogP contribution in [0.3, 0.4) is 0 Å². The van der Waals surface area contributed by atoms with E-state index < -0.39 is 0 Å². The van der Waals surface area contributed by atoms with Crippen molar-refractivity contribution in [2.75, 3.05) is 0 Å². The minimum absolute atomic E-state index is 0.781. The molecular formula is C20H35B. The number of hydrogen-bond acceptors (Lipinski definition) is 0. The Labute approximate surface area is 133 Å². The van der Waals surface area contributed by atoms with E-state index in [1.807, 2.05) is 0 Å². The summed E-state index contributed by atoms with van der Waals surface area (Å²) in [5.41, 5.74) is 2.97. The zero-order chi connectivity index (χ0) is 15.5. The van der Waals surface area contributed by atoms with Crippen LogP contribution in [0.25, 0.3) is 0 Å². The van der Waals surface area contributed by atoms with Gasteiger partial charge in [-0.2, -0.15) is 0 Å². The lowest BCUT2D eigenvalue weighted by molar-refractivity contribution is 0.678. The summed E-state index contributed by atoms with van der Waals surface area (Å²) in [6, 6.07) is 9.37. The van der Waals surface area contributed by atoms with Gasteiger partial charge in [0.15, 0.2) is 0 Å². The van der Waals surface area contributed by atoms with E-state index in [1.165, 1.54) is 63.1 Å². The molecule has 0 unspecified atom stereocenters. The molecule has 0 bridgehead atoms. The Kier molecular flexibility index (Phi) is 9.54. The molecule has 0 aliphatic heterocycles. The predicted octanol–water partition coefficient (Wildman–Crippen LogP) is 6.90. The fraction of sp³-hybridized carbons (Fsp3) is 0.700. The second-order valence-electron chi connectivity index (χ2n) is 6.70. The van der Waals surface area contributed by atoms with E-state index in [0.717, 1.165) is 12.5 Å². The van der Waals surface area contributed by atoms with Crippen molar-refractivity contribution in [1.82, 2.24) is 0 Å². The molecule has 0 radical (unpaired) electrons. The molecule has 0 spiro atoms. The summed E-state index contributed by atoms with van der Waals surface area (Å²) in [5.74, 6) is 0.781.